The number of fused-ring (bicyclic) bond motifs is 1. The van der Waals surface area contributed by atoms with Gasteiger partial charge >= 0.3 is 0 Å². The molecule has 1 aromatic carbocycles. The highest BCUT2D eigenvalue weighted by atomic mass is 15.1. The van der Waals surface area contributed by atoms with Crippen molar-refractivity contribution in [2.24, 2.45) is 0 Å². The van der Waals surface area contributed by atoms with Crippen LogP contribution in [-0.4, -0.2) is 31.1 Å². The highest BCUT2D eigenvalue weighted by Gasteiger charge is 2.15. The van der Waals surface area contributed by atoms with E-state index in [-0.39, 0.29) is 0 Å². The minimum Gasteiger partial charge on any atom is -0.317 e. The second-order valence-corrected chi connectivity index (χ2v) is 4.77. The van der Waals surface area contributed by atoms with E-state index in [1.165, 1.54) is 31.5 Å². The largest absolute Gasteiger partial charge is 0.317 e. The fraction of sp³-hybridized carbons (Fsp3) is 0.571. The first-order valence-corrected chi connectivity index (χ1v) is 6.26. The van der Waals surface area contributed by atoms with E-state index in [1.54, 1.807) is 5.56 Å². The molecule has 1 aliphatic heterocycles. The molecule has 1 N–H and O–H groups in total. The SMILES string of the molecule is CNC(C)CCN1CCc2ccccc2C1. The fourth-order valence-corrected chi connectivity index (χ4v) is 2.27. The zero-order chi connectivity index (χ0) is 11.4. The lowest BCUT2D eigenvalue weighted by Crippen LogP contribution is -2.34. The van der Waals surface area contributed by atoms with Crippen molar-refractivity contribution in [1.29, 1.82) is 0 Å². The molecule has 1 heterocycles. The molecular weight excluding hydrogens is 196 g/mol. The van der Waals surface area contributed by atoms with E-state index >= 15 is 0 Å². The van der Waals surface area contributed by atoms with Crippen LogP contribution in [0.3, 0.4) is 0 Å². The van der Waals surface area contributed by atoms with Crippen LogP contribution in [0.1, 0.15) is 24.5 Å². The van der Waals surface area contributed by atoms with Gasteiger partial charge in [0.15, 0.2) is 0 Å². The molecule has 0 saturated carbocycles. The summed E-state index contributed by atoms with van der Waals surface area (Å²) in [4.78, 5) is 2.57. The van der Waals surface area contributed by atoms with Crippen molar-refractivity contribution in [3.8, 4) is 0 Å². The Kier molecular flexibility index (Phi) is 3.97. The number of rotatable bonds is 4. The van der Waals surface area contributed by atoms with Crippen LogP contribution < -0.4 is 5.32 Å². The predicted octanol–water partition coefficient (Wildman–Crippen LogP) is 2.04. The average molecular weight is 218 g/mol. The third-order valence-electron chi connectivity index (χ3n) is 3.58. The molecule has 1 aliphatic rings. The minimum absolute atomic E-state index is 0.622. The van der Waals surface area contributed by atoms with Crippen LogP contribution in [0.15, 0.2) is 24.3 Å². The van der Waals surface area contributed by atoms with Crippen molar-refractivity contribution in [1.82, 2.24) is 10.2 Å². The standard InChI is InChI=1S/C14H22N2/c1-12(15-2)7-9-16-10-8-13-5-3-4-6-14(13)11-16/h3-6,12,15H,7-11H2,1-2H3. The summed E-state index contributed by atoms with van der Waals surface area (Å²) in [6, 6.07) is 9.46. The maximum atomic E-state index is 3.30. The van der Waals surface area contributed by atoms with Gasteiger partial charge in [0.1, 0.15) is 0 Å². The van der Waals surface area contributed by atoms with E-state index < -0.39 is 0 Å². The fourth-order valence-electron chi connectivity index (χ4n) is 2.27. The molecule has 0 aliphatic carbocycles. The Hall–Kier alpha value is -0.860. The van der Waals surface area contributed by atoms with E-state index in [4.69, 9.17) is 0 Å². The Labute approximate surface area is 98.7 Å². The van der Waals surface area contributed by atoms with Crippen molar-refractivity contribution < 1.29 is 0 Å². The summed E-state index contributed by atoms with van der Waals surface area (Å²) < 4.78 is 0. The Morgan fingerprint density at radius 2 is 2.06 bits per heavy atom. The molecule has 2 nitrogen and oxygen atoms in total. The van der Waals surface area contributed by atoms with Gasteiger partial charge in [-0.1, -0.05) is 24.3 Å². The third kappa shape index (κ3) is 2.83. The molecule has 0 amide bonds. The third-order valence-corrected chi connectivity index (χ3v) is 3.58. The summed E-state index contributed by atoms with van der Waals surface area (Å²) in [5, 5.41) is 3.30. The van der Waals surface area contributed by atoms with Gasteiger partial charge in [0, 0.05) is 19.1 Å². The van der Waals surface area contributed by atoms with E-state index in [0.29, 0.717) is 6.04 Å². The van der Waals surface area contributed by atoms with Crippen LogP contribution in [-0.2, 0) is 13.0 Å². The van der Waals surface area contributed by atoms with Crippen molar-refractivity contribution in [3.05, 3.63) is 35.4 Å². The van der Waals surface area contributed by atoms with Gasteiger partial charge in [-0.05, 0) is 44.5 Å². The molecule has 0 spiro atoms. The van der Waals surface area contributed by atoms with Crippen molar-refractivity contribution in [2.75, 3.05) is 20.1 Å². The lowest BCUT2D eigenvalue weighted by atomic mass is 10.00. The van der Waals surface area contributed by atoms with Gasteiger partial charge in [0.2, 0.25) is 0 Å². The number of benzene rings is 1. The molecule has 2 heteroatoms. The average Bonchev–Trinajstić information content (AvgIpc) is 2.35. The van der Waals surface area contributed by atoms with Gasteiger partial charge in [-0.15, -0.1) is 0 Å². The predicted molar refractivity (Wildman–Crippen MR) is 68.6 cm³/mol. The molecule has 1 aromatic rings. The molecule has 1 unspecified atom stereocenters. The Bertz CT molecular complexity index is 335. The minimum atomic E-state index is 0.622. The highest BCUT2D eigenvalue weighted by Crippen LogP contribution is 2.18. The highest BCUT2D eigenvalue weighted by molar-refractivity contribution is 5.28. The van der Waals surface area contributed by atoms with Crippen LogP contribution in [0.2, 0.25) is 0 Å². The normalized spacial score (nSPS) is 18.1. The quantitative estimate of drug-likeness (QED) is 0.832. The maximum absolute atomic E-state index is 3.30. The first kappa shape index (κ1) is 11.6. The lowest BCUT2D eigenvalue weighted by molar-refractivity contribution is 0.242. The van der Waals surface area contributed by atoms with Gasteiger partial charge in [0.05, 0.1) is 0 Å². The molecule has 88 valence electrons. The van der Waals surface area contributed by atoms with Crippen LogP contribution in [0.5, 0.6) is 0 Å². The second kappa shape index (κ2) is 5.46. The first-order chi connectivity index (χ1) is 7.79. The Balaban J connectivity index is 1.88. The van der Waals surface area contributed by atoms with Gasteiger partial charge < -0.3 is 5.32 Å². The molecule has 16 heavy (non-hydrogen) atoms. The molecule has 0 aromatic heterocycles. The Morgan fingerprint density at radius 1 is 1.31 bits per heavy atom. The number of hydrogen-bond acceptors (Lipinski definition) is 2. The summed E-state index contributed by atoms with van der Waals surface area (Å²) in [6.07, 6.45) is 2.45. The summed E-state index contributed by atoms with van der Waals surface area (Å²) in [7, 11) is 2.04. The summed E-state index contributed by atoms with van der Waals surface area (Å²) in [5.41, 5.74) is 3.06. The van der Waals surface area contributed by atoms with Crippen LogP contribution >= 0.6 is 0 Å². The van der Waals surface area contributed by atoms with E-state index in [0.717, 1.165) is 6.54 Å². The summed E-state index contributed by atoms with van der Waals surface area (Å²) in [5.74, 6) is 0. The molecule has 1 atom stereocenters. The van der Waals surface area contributed by atoms with Gasteiger partial charge in [-0.2, -0.15) is 0 Å². The molecule has 0 bridgehead atoms. The lowest BCUT2D eigenvalue weighted by Gasteiger charge is -2.29. The van der Waals surface area contributed by atoms with E-state index in [1.807, 2.05) is 7.05 Å². The molecule has 0 radical (unpaired) electrons. The van der Waals surface area contributed by atoms with E-state index in [2.05, 4.69) is 41.4 Å². The number of hydrogen-bond donors (Lipinski definition) is 1. The topological polar surface area (TPSA) is 15.3 Å². The van der Waals surface area contributed by atoms with Crippen LogP contribution in [0, 0.1) is 0 Å². The maximum Gasteiger partial charge on any atom is 0.0236 e. The molecule has 2 rings (SSSR count). The van der Waals surface area contributed by atoms with Gasteiger partial charge in [0.25, 0.3) is 0 Å². The van der Waals surface area contributed by atoms with Gasteiger partial charge in [-0.3, -0.25) is 4.90 Å². The van der Waals surface area contributed by atoms with Crippen molar-refractivity contribution in [3.63, 3.8) is 0 Å². The second-order valence-electron chi connectivity index (χ2n) is 4.77. The first-order valence-electron chi connectivity index (χ1n) is 6.26. The van der Waals surface area contributed by atoms with Gasteiger partial charge in [-0.25, -0.2) is 0 Å². The van der Waals surface area contributed by atoms with E-state index in [9.17, 15) is 0 Å². The monoisotopic (exact) mass is 218 g/mol. The smallest absolute Gasteiger partial charge is 0.0236 e. The molecule has 0 saturated heterocycles. The zero-order valence-corrected chi connectivity index (χ0v) is 10.4. The summed E-state index contributed by atoms with van der Waals surface area (Å²) >= 11 is 0. The molecular formula is C14H22N2. The summed E-state index contributed by atoms with van der Waals surface area (Å²) in [6.45, 7) is 5.80. The van der Waals surface area contributed by atoms with Crippen molar-refractivity contribution >= 4 is 0 Å². The zero-order valence-electron chi connectivity index (χ0n) is 10.4. The van der Waals surface area contributed by atoms with Crippen molar-refractivity contribution in [2.45, 2.75) is 32.4 Å². The number of nitrogens with one attached hydrogen (secondary N) is 1. The Morgan fingerprint density at radius 3 is 2.81 bits per heavy atom. The van der Waals surface area contributed by atoms with Crippen LogP contribution in [0.4, 0.5) is 0 Å². The van der Waals surface area contributed by atoms with Crippen LogP contribution in [0.25, 0.3) is 0 Å². The molecule has 0 fully saturated rings. The number of nitrogens with zero attached hydrogens (tertiary/aromatic N) is 1.